The van der Waals surface area contributed by atoms with Gasteiger partial charge in [0.25, 0.3) is 5.91 Å². The highest BCUT2D eigenvalue weighted by atomic mass is 19.2. The van der Waals surface area contributed by atoms with Crippen molar-refractivity contribution >= 4 is 16.9 Å². The highest BCUT2D eigenvalue weighted by Gasteiger charge is 2.39. The molecule has 0 fully saturated rings. The van der Waals surface area contributed by atoms with E-state index in [1.165, 1.54) is 0 Å². The molecule has 0 radical (unpaired) electrons. The van der Waals surface area contributed by atoms with Gasteiger partial charge in [-0.2, -0.15) is 5.10 Å². The molecular weight excluding hydrogens is 443 g/mol. The lowest BCUT2D eigenvalue weighted by molar-refractivity contribution is 0.0545. The number of aromatic nitrogens is 4. The van der Waals surface area contributed by atoms with Crippen LogP contribution in [0.4, 0.5) is 13.2 Å². The number of rotatable bonds is 3. The summed E-state index contributed by atoms with van der Waals surface area (Å²) in [5.41, 5.74) is 4.05. The van der Waals surface area contributed by atoms with E-state index in [4.69, 9.17) is 0 Å². The lowest BCUT2D eigenvalue weighted by Crippen LogP contribution is -2.45. The molecule has 0 spiro atoms. The Bertz CT molecular complexity index is 1410. The number of aryl methyl sites for hydroxylation is 1. The predicted molar refractivity (Wildman–Crippen MR) is 120 cm³/mol. The van der Waals surface area contributed by atoms with E-state index in [1.807, 2.05) is 18.7 Å². The van der Waals surface area contributed by atoms with E-state index in [0.29, 0.717) is 40.8 Å². The molecule has 0 bridgehead atoms. The van der Waals surface area contributed by atoms with Crippen molar-refractivity contribution in [3.8, 4) is 11.3 Å². The van der Waals surface area contributed by atoms with Crippen LogP contribution in [0.2, 0.25) is 0 Å². The number of fused-ring (bicyclic) bond motifs is 2. The molecule has 1 amide bonds. The first-order chi connectivity index (χ1) is 16.3. The fraction of sp³-hybridized carbons (Fsp3) is 0.280. The topological polar surface area (TPSA) is 63.9 Å². The van der Waals surface area contributed by atoms with Gasteiger partial charge in [0.15, 0.2) is 17.5 Å². The van der Waals surface area contributed by atoms with Gasteiger partial charge in [-0.15, -0.1) is 0 Å². The molecule has 0 aliphatic carbocycles. The van der Waals surface area contributed by atoms with Crippen molar-refractivity contribution in [1.82, 2.24) is 24.6 Å². The lowest BCUT2D eigenvalue weighted by Gasteiger charge is -2.40. The van der Waals surface area contributed by atoms with E-state index >= 15 is 0 Å². The molecule has 6 nitrogen and oxygen atoms in total. The van der Waals surface area contributed by atoms with Gasteiger partial charge >= 0.3 is 0 Å². The summed E-state index contributed by atoms with van der Waals surface area (Å²) in [7, 11) is 1.68. The van der Waals surface area contributed by atoms with Gasteiger partial charge in [0.05, 0.1) is 28.5 Å². The molecule has 0 N–H and O–H groups in total. The molecule has 2 atom stereocenters. The van der Waals surface area contributed by atoms with Gasteiger partial charge in [-0.1, -0.05) is 6.92 Å². The average molecular weight is 465 g/mol. The molecule has 34 heavy (non-hydrogen) atoms. The van der Waals surface area contributed by atoms with Crippen LogP contribution in [0, 0.1) is 17.5 Å². The molecule has 2 aromatic heterocycles. The van der Waals surface area contributed by atoms with E-state index in [1.54, 1.807) is 42.3 Å². The summed E-state index contributed by atoms with van der Waals surface area (Å²) in [4.78, 5) is 24.0. The lowest BCUT2D eigenvalue weighted by atomic mass is 9.89. The van der Waals surface area contributed by atoms with E-state index in [-0.39, 0.29) is 23.6 Å². The van der Waals surface area contributed by atoms with Crippen LogP contribution in [0.25, 0.3) is 22.3 Å². The number of carbonyl (C=O) groups excluding carboxylic acids is 1. The van der Waals surface area contributed by atoms with Crippen LogP contribution in [0.15, 0.2) is 42.7 Å². The first kappa shape index (κ1) is 22.1. The molecule has 0 saturated carbocycles. The summed E-state index contributed by atoms with van der Waals surface area (Å²) in [5, 5.41) is 4.63. The Morgan fingerprint density at radius 2 is 1.74 bits per heavy atom. The van der Waals surface area contributed by atoms with Crippen molar-refractivity contribution in [2.75, 3.05) is 0 Å². The van der Waals surface area contributed by atoms with E-state index in [9.17, 15) is 18.0 Å². The van der Waals surface area contributed by atoms with Crippen molar-refractivity contribution in [2.45, 2.75) is 38.8 Å². The van der Waals surface area contributed by atoms with Gasteiger partial charge in [-0.25, -0.2) is 13.2 Å². The Balaban J connectivity index is 1.58. The number of halogens is 3. The van der Waals surface area contributed by atoms with Crippen molar-refractivity contribution in [2.24, 2.45) is 7.05 Å². The Kier molecular flexibility index (Phi) is 5.34. The summed E-state index contributed by atoms with van der Waals surface area (Å²) < 4.78 is 43.0. The summed E-state index contributed by atoms with van der Waals surface area (Å²) >= 11 is 0. The zero-order valence-electron chi connectivity index (χ0n) is 18.9. The molecule has 1 aliphatic heterocycles. The third-order valence-corrected chi connectivity index (χ3v) is 6.40. The number of carbonyl (C=O) groups is 1. The Labute approximate surface area is 194 Å². The molecule has 3 heterocycles. The van der Waals surface area contributed by atoms with Gasteiger partial charge in [0.2, 0.25) is 0 Å². The second-order valence-corrected chi connectivity index (χ2v) is 8.54. The quantitative estimate of drug-likeness (QED) is 0.400. The third kappa shape index (κ3) is 3.43. The van der Waals surface area contributed by atoms with Crippen molar-refractivity contribution < 1.29 is 18.0 Å². The van der Waals surface area contributed by atoms with E-state index < -0.39 is 17.5 Å². The molecule has 174 valence electrons. The van der Waals surface area contributed by atoms with Crippen LogP contribution in [0.5, 0.6) is 0 Å². The largest absolute Gasteiger partial charge is 0.327 e. The van der Waals surface area contributed by atoms with Gasteiger partial charge in [0.1, 0.15) is 0 Å². The molecule has 1 aliphatic rings. The molecule has 9 heteroatoms. The Hall–Kier alpha value is -3.75. The van der Waals surface area contributed by atoms with Crippen LogP contribution in [-0.4, -0.2) is 36.6 Å². The van der Waals surface area contributed by atoms with Gasteiger partial charge in [-0.05, 0) is 50.1 Å². The molecule has 4 aromatic rings. The number of amides is 1. The summed E-state index contributed by atoms with van der Waals surface area (Å²) in [6.07, 6.45) is 4.22. The number of benzene rings is 2. The summed E-state index contributed by atoms with van der Waals surface area (Å²) in [6, 6.07) is 6.66. The maximum Gasteiger partial charge on any atom is 0.254 e. The summed E-state index contributed by atoms with van der Waals surface area (Å²) in [6.45, 7) is 3.90. The normalized spacial score (nSPS) is 17.8. The second-order valence-electron chi connectivity index (χ2n) is 8.54. The third-order valence-electron chi connectivity index (χ3n) is 6.40. The smallest absolute Gasteiger partial charge is 0.254 e. The maximum absolute atomic E-state index is 14.0. The SMILES string of the molecule is CCC1c2nn(C)c(-c3cc(F)c(F)c(F)c3)c2CC(C)N1C(=O)c1ccc2nccnc2c1. The van der Waals surface area contributed by atoms with Crippen molar-refractivity contribution in [3.63, 3.8) is 0 Å². The van der Waals surface area contributed by atoms with E-state index in [2.05, 4.69) is 15.1 Å². The maximum atomic E-state index is 14.0. The monoisotopic (exact) mass is 465 g/mol. The highest BCUT2D eigenvalue weighted by Crippen LogP contribution is 2.40. The van der Waals surface area contributed by atoms with Crippen molar-refractivity contribution in [1.29, 1.82) is 0 Å². The molecular formula is C25H22F3N5O. The molecule has 5 rings (SSSR count). The first-order valence-corrected chi connectivity index (χ1v) is 11.0. The fourth-order valence-corrected chi connectivity index (χ4v) is 4.92. The molecule has 0 saturated heterocycles. The predicted octanol–water partition coefficient (Wildman–Crippen LogP) is 4.99. The first-order valence-electron chi connectivity index (χ1n) is 11.0. The van der Waals surface area contributed by atoms with Crippen LogP contribution in [0.3, 0.4) is 0 Å². The van der Waals surface area contributed by atoms with Gasteiger partial charge < -0.3 is 4.90 Å². The molecule has 2 aromatic carbocycles. The minimum absolute atomic E-state index is 0.149. The highest BCUT2D eigenvalue weighted by molar-refractivity contribution is 5.98. The number of hydrogen-bond donors (Lipinski definition) is 0. The number of nitrogens with zero attached hydrogens (tertiary/aromatic N) is 5. The Morgan fingerprint density at radius 3 is 2.41 bits per heavy atom. The second kappa shape index (κ2) is 8.23. The number of hydrogen-bond acceptors (Lipinski definition) is 4. The van der Waals surface area contributed by atoms with Crippen LogP contribution in [0.1, 0.15) is 47.9 Å². The van der Waals surface area contributed by atoms with E-state index in [0.717, 1.165) is 17.7 Å². The van der Waals surface area contributed by atoms with Gasteiger partial charge in [-0.3, -0.25) is 19.4 Å². The zero-order chi connectivity index (χ0) is 24.1. The van der Waals surface area contributed by atoms with Crippen LogP contribution in [-0.2, 0) is 13.5 Å². The summed E-state index contributed by atoms with van der Waals surface area (Å²) in [5.74, 6) is -4.16. The minimum Gasteiger partial charge on any atom is -0.327 e. The van der Waals surface area contributed by atoms with Crippen LogP contribution < -0.4 is 0 Å². The standard InChI is InChI=1S/C25H22F3N5O/c1-4-21-23-16(24(32(3)31-23)15-10-17(26)22(28)18(27)11-15)9-13(2)33(21)25(34)14-5-6-19-20(12-14)30-8-7-29-19/h5-8,10-13,21H,4,9H2,1-3H3. The van der Waals surface area contributed by atoms with Crippen LogP contribution >= 0.6 is 0 Å². The zero-order valence-corrected chi connectivity index (χ0v) is 18.9. The minimum atomic E-state index is -1.50. The van der Waals surface area contributed by atoms with Gasteiger partial charge in [0, 0.05) is 42.2 Å². The van der Waals surface area contributed by atoms with Crippen molar-refractivity contribution in [3.05, 3.63) is 77.0 Å². The Morgan fingerprint density at radius 1 is 1.06 bits per heavy atom. The molecule has 2 unspecified atom stereocenters. The fourth-order valence-electron chi connectivity index (χ4n) is 4.92. The average Bonchev–Trinajstić information content (AvgIpc) is 3.15.